The average molecular weight is 612 g/mol. The highest BCUT2D eigenvalue weighted by molar-refractivity contribution is 5.98. The summed E-state index contributed by atoms with van der Waals surface area (Å²) >= 11 is 0. The SMILES string of the molecule is CC1=C(C(=O)O)C(c2cccc([N+](=O)[O-])c2)C(C(=O)O)=C(C)N1CC(C)(C)CN(C)CCC(c1ccccc1)c1ccccc1. The van der Waals surface area contributed by atoms with Gasteiger partial charge >= 0.3 is 11.9 Å². The van der Waals surface area contributed by atoms with Gasteiger partial charge < -0.3 is 20.0 Å². The van der Waals surface area contributed by atoms with E-state index in [1.165, 1.54) is 35.4 Å². The minimum atomic E-state index is -1.26. The first-order valence-corrected chi connectivity index (χ1v) is 15.0. The van der Waals surface area contributed by atoms with Crippen molar-refractivity contribution >= 4 is 17.6 Å². The van der Waals surface area contributed by atoms with Crippen LogP contribution in [0.4, 0.5) is 5.69 Å². The van der Waals surface area contributed by atoms with Crippen LogP contribution >= 0.6 is 0 Å². The van der Waals surface area contributed by atoms with Gasteiger partial charge in [-0.2, -0.15) is 0 Å². The number of non-ortho nitro benzene ring substituents is 1. The zero-order valence-electron chi connectivity index (χ0n) is 26.4. The number of nitro groups is 1. The Morgan fingerprint density at radius 2 is 1.40 bits per heavy atom. The lowest BCUT2D eigenvalue weighted by molar-refractivity contribution is -0.384. The molecule has 9 heteroatoms. The number of carboxylic acid groups (broad SMARTS) is 2. The molecule has 0 saturated heterocycles. The van der Waals surface area contributed by atoms with Crippen molar-refractivity contribution in [2.45, 2.75) is 46.0 Å². The molecule has 2 N–H and O–H groups in total. The first-order chi connectivity index (χ1) is 21.3. The summed E-state index contributed by atoms with van der Waals surface area (Å²) in [6.07, 6.45) is 0.902. The van der Waals surface area contributed by atoms with Crippen molar-refractivity contribution in [2.75, 3.05) is 26.7 Å². The van der Waals surface area contributed by atoms with E-state index in [-0.39, 0.29) is 33.7 Å². The smallest absolute Gasteiger partial charge is 0.334 e. The number of hydrogen-bond acceptors (Lipinski definition) is 6. The molecule has 0 unspecified atom stereocenters. The molecule has 45 heavy (non-hydrogen) atoms. The predicted octanol–water partition coefficient (Wildman–Crippen LogP) is 6.89. The molecule has 0 radical (unpaired) electrons. The van der Waals surface area contributed by atoms with Gasteiger partial charge in [0.15, 0.2) is 0 Å². The lowest BCUT2D eigenvalue weighted by atomic mass is 9.79. The van der Waals surface area contributed by atoms with Gasteiger partial charge in [-0.3, -0.25) is 10.1 Å². The highest BCUT2D eigenvalue weighted by Crippen LogP contribution is 2.43. The van der Waals surface area contributed by atoms with Crippen molar-refractivity contribution in [1.29, 1.82) is 0 Å². The van der Waals surface area contributed by atoms with Gasteiger partial charge in [0.25, 0.3) is 5.69 Å². The molecule has 236 valence electrons. The second kappa shape index (κ2) is 13.9. The number of rotatable bonds is 13. The van der Waals surface area contributed by atoms with Gasteiger partial charge in [0.05, 0.1) is 22.0 Å². The van der Waals surface area contributed by atoms with Crippen LogP contribution in [-0.2, 0) is 9.59 Å². The second-order valence-electron chi connectivity index (χ2n) is 12.5. The van der Waals surface area contributed by atoms with Crippen LogP contribution in [0.15, 0.2) is 107 Å². The van der Waals surface area contributed by atoms with Crippen LogP contribution < -0.4 is 0 Å². The van der Waals surface area contributed by atoms with Gasteiger partial charge in [-0.1, -0.05) is 86.6 Å². The summed E-state index contributed by atoms with van der Waals surface area (Å²) in [7, 11) is 2.07. The van der Waals surface area contributed by atoms with Crippen LogP contribution in [-0.4, -0.2) is 63.6 Å². The minimum absolute atomic E-state index is 0.101. The van der Waals surface area contributed by atoms with Crippen LogP contribution in [0.25, 0.3) is 0 Å². The number of carboxylic acids is 2. The largest absolute Gasteiger partial charge is 0.478 e. The molecule has 3 aromatic rings. The lowest BCUT2D eigenvalue weighted by Crippen LogP contribution is -2.43. The Hall–Kier alpha value is -4.76. The zero-order valence-corrected chi connectivity index (χ0v) is 26.4. The minimum Gasteiger partial charge on any atom is -0.478 e. The Labute approximate surface area is 264 Å². The van der Waals surface area contributed by atoms with E-state index < -0.39 is 22.8 Å². The van der Waals surface area contributed by atoms with Gasteiger partial charge in [0.1, 0.15) is 0 Å². The fourth-order valence-corrected chi connectivity index (χ4v) is 6.58. The highest BCUT2D eigenvalue weighted by Gasteiger charge is 2.41. The summed E-state index contributed by atoms with van der Waals surface area (Å²) < 4.78 is 0. The summed E-state index contributed by atoms with van der Waals surface area (Å²) in [5.74, 6) is -3.45. The van der Waals surface area contributed by atoms with Crippen LogP contribution in [0.5, 0.6) is 0 Å². The summed E-state index contributed by atoms with van der Waals surface area (Å²) in [6.45, 7) is 9.41. The number of nitrogens with zero attached hydrogens (tertiary/aromatic N) is 3. The molecule has 0 aliphatic carbocycles. The maximum atomic E-state index is 12.7. The van der Waals surface area contributed by atoms with Gasteiger partial charge in [0, 0.05) is 42.5 Å². The molecule has 1 heterocycles. The van der Waals surface area contributed by atoms with Crippen molar-refractivity contribution < 1.29 is 24.7 Å². The van der Waals surface area contributed by atoms with Crippen molar-refractivity contribution in [3.05, 3.63) is 134 Å². The first-order valence-electron chi connectivity index (χ1n) is 15.0. The monoisotopic (exact) mass is 611 g/mol. The van der Waals surface area contributed by atoms with Crippen LogP contribution in [0.2, 0.25) is 0 Å². The number of carbonyl (C=O) groups is 2. The van der Waals surface area contributed by atoms with Crippen molar-refractivity contribution in [3.63, 3.8) is 0 Å². The summed E-state index contributed by atoms with van der Waals surface area (Å²) in [5, 5.41) is 32.1. The quantitative estimate of drug-likeness (QED) is 0.158. The summed E-state index contributed by atoms with van der Waals surface area (Å²) in [6, 6.07) is 26.4. The number of allylic oxidation sites excluding steroid dienone is 2. The van der Waals surface area contributed by atoms with E-state index in [9.17, 15) is 29.9 Å². The molecule has 9 nitrogen and oxygen atoms in total. The van der Waals surface area contributed by atoms with Crippen LogP contribution in [0, 0.1) is 15.5 Å². The van der Waals surface area contributed by atoms with Gasteiger partial charge in [-0.25, -0.2) is 9.59 Å². The molecule has 3 aromatic carbocycles. The predicted molar refractivity (Wildman–Crippen MR) is 174 cm³/mol. The molecule has 0 fully saturated rings. The fourth-order valence-electron chi connectivity index (χ4n) is 6.58. The number of aliphatic carboxylic acids is 2. The standard InChI is InChI=1S/C36H41N3O6/c1-24-31(34(40)41)33(28-17-12-18-29(21-28)39(44)45)32(35(42)43)25(2)38(24)23-36(3,4)22-37(5)20-19-30(26-13-8-6-9-14-26)27-15-10-7-11-16-27/h6-18,21,30,33H,19-20,22-23H2,1-5H3,(H,40,41)(H,42,43). The maximum absolute atomic E-state index is 12.7. The molecule has 0 spiro atoms. The Kier molecular flexibility index (Phi) is 10.2. The van der Waals surface area contributed by atoms with Crippen molar-refractivity contribution in [1.82, 2.24) is 9.80 Å². The van der Waals surface area contributed by atoms with E-state index in [0.29, 0.717) is 24.5 Å². The Morgan fingerprint density at radius 3 is 1.87 bits per heavy atom. The number of nitro benzene ring substituents is 1. The molecule has 4 rings (SSSR count). The maximum Gasteiger partial charge on any atom is 0.334 e. The molecule has 0 atom stereocenters. The number of hydrogen-bond donors (Lipinski definition) is 2. The van der Waals surface area contributed by atoms with Crippen molar-refractivity contribution in [3.8, 4) is 0 Å². The van der Waals surface area contributed by atoms with E-state index in [4.69, 9.17) is 0 Å². The zero-order chi connectivity index (χ0) is 32.9. The first kappa shape index (κ1) is 33.1. The lowest BCUT2D eigenvalue weighted by Gasteiger charge is -2.42. The molecular formula is C36H41N3O6. The fraction of sp³-hybridized carbons (Fsp3) is 0.333. The van der Waals surface area contributed by atoms with E-state index in [2.05, 4.69) is 74.3 Å². The van der Waals surface area contributed by atoms with Crippen LogP contribution in [0.1, 0.15) is 62.6 Å². The molecular weight excluding hydrogens is 570 g/mol. The van der Waals surface area contributed by atoms with Crippen molar-refractivity contribution in [2.24, 2.45) is 5.41 Å². The normalized spacial score (nSPS) is 14.4. The molecule has 0 bridgehead atoms. The number of benzene rings is 3. The second-order valence-corrected chi connectivity index (χ2v) is 12.5. The van der Waals surface area contributed by atoms with E-state index >= 15 is 0 Å². The Bertz CT molecular complexity index is 1540. The third-order valence-corrected chi connectivity index (χ3v) is 8.53. The Morgan fingerprint density at radius 1 is 0.889 bits per heavy atom. The molecule has 1 aliphatic rings. The topological polar surface area (TPSA) is 124 Å². The van der Waals surface area contributed by atoms with E-state index in [1.54, 1.807) is 18.7 Å². The Balaban J connectivity index is 1.58. The van der Waals surface area contributed by atoms with Gasteiger partial charge in [-0.05, 0) is 56.0 Å². The highest BCUT2D eigenvalue weighted by atomic mass is 16.6. The molecule has 0 amide bonds. The average Bonchev–Trinajstić information content (AvgIpc) is 2.99. The third-order valence-electron chi connectivity index (χ3n) is 8.53. The molecule has 0 aromatic heterocycles. The van der Waals surface area contributed by atoms with Gasteiger partial charge in [0.2, 0.25) is 0 Å². The molecule has 1 aliphatic heterocycles. The summed E-state index contributed by atoms with van der Waals surface area (Å²) in [4.78, 5) is 40.3. The van der Waals surface area contributed by atoms with E-state index in [0.717, 1.165) is 13.0 Å². The van der Waals surface area contributed by atoms with Gasteiger partial charge in [-0.15, -0.1) is 0 Å². The third kappa shape index (κ3) is 7.67. The van der Waals surface area contributed by atoms with E-state index in [1.807, 2.05) is 12.1 Å². The van der Waals surface area contributed by atoms with Crippen LogP contribution in [0.3, 0.4) is 0 Å². The molecule has 0 saturated carbocycles. The summed E-state index contributed by atoms with van der Waals surface area (Å²) in [5.41, 5.74) is 2.81.